The van der Waals surface area contributed by atoms with Crippen molar-refractivity contribution in [1.82, 2.24) is 0 Å². The Morgan fingerprint density at radius 2 is 1.67 bits per heavy atom. The lowest BCUT2D eigenvalue weighted by molar-refractivity contribution is -0.302. The minimum absolute atomic E-state index is 0.0668. The van der Waals surface area contributed by atoms with Gasteiger partial charge in [-0.05, 0) is 0 Å². The number of aliphatic hydroxyl groups excluding tert-OH is 5. The van der Waals surface area contributed by atoms with Gasteiger partial charge in [-0.3, -0.25) is 0 Å². The van der Waals surface area contributed by atoms with Crippen molar-refractivity contribution in [3.8, 4) is 0 Å². The highest BCUT2D eigenvalue weighted by atomic mass is 16.7. The van der Waals surface area contributed by atoms with E-state index in [9.17, 15) is 15.3 Å². The highest BCUT2D eigenvalue weighted by Gasteiger charge is 2.43. The van der Waals surface area contributed by atoms with E-state index in [1.54, 1.807) is 0 Å². The molecule has 7 heteroatoms. The third kappa shape index (κ3) is 2.85. The van der Waals surface area contributed by atoms with Crippen molar-refractivity contribution in [2.24, 2.45) is 0 Å². The predicted molar refractivity (Wildman–Crippen MR) is 46.8 cm³/mol. The van der Waals surface area contributed by atoms with E-state index in [1.807, 2.05) is 0 Å². The van der Waals surface area contributed by atoms with Gasteiger partial charge in [0.1, 0.15) is 24.4 Å². The first-order chi connectivity index (χ1) is 7.11. The molecule has 7 nitrogen and oxygen atoms in total. The molecule has 1 fully saturated rings. The van der Waals surface area contributed by atoms with E-state index in [-0.39, 0.29) is 13.2 Å². The lowest BCUT2D eigenvalue weighted by atomic mass is 9.99. The molecule has 1 rings (SSSR count). The molecule has 1 saturated heterocycles. The molecular weight excluding hydrogens is 208 g/mol. The Morgan fingerprint density at radius 1 is 1.00 bits per heavy atom. The molecule has 5 unspecified atom stereocenters. The summed E-state index contributed by atoms with van der Waals surface area (Å²) < 4.78 is 9.88. The van der Waals surface area contributed by atoms with Crippen LogP contribution in [-0.4, -0.2) is 76.1 Å². The second-order valence-corrected chi connectivity index (χ2v) is 3.29. The van der Waals surface area contributed by atoms with E-state index < -0.39 is 37.3 Å². The van der Waals surface area contributed by atoms with E-state index in [0.717, 1.165) is 0 Å². The maximum Gasteiger partial charge on any atom is 0.186 e. The molecule has 5 atom stereocenters. The van der Waals surface area contributed by atoms with Gasteiger partial charge in [-0.1, -0.05) is 0 Å². The molecule has 1 aliphatic heterocycles. The molecular formula is C8H16O7. The highest BCUT2D eigenvalue weighted by Crippen LogP contribution is 2.21. The predicted octanol–water partition coefficient (Wildman–Crippen LogP) is -3.20. The zero-order valence-corrected chi connectivity index (χ0v) is 8.06. The summed E-state index contributed by atoms with van der Waals surface area (Å²) in [6.07, 6.45) is -6.38. The molecule has 15 heavy (non-hydrogen) atoms. The Hall–Kier alpha value is -0.280. The number of rotatable bonds is 4. The number of ether oxygens (including phenoxy) is 2. The maximum atomic E-state index is 9.42. The largest absolute Gasteiger partial charge is 0.394 e. The Labute approximate surface area is 86.5 Å². The van der Waals surface area contributed by atoms with Gasteiger partial charge in [0.25, 0.3) is 0 Å². The molecule has 0 aromatic rings. The van der Waals surface area contributed by atoms with Crippen LogP contribution in [0.25, 0.3) is 0 Å². The standard InChI is InChI=1S/C8H16O7/c9-1-2-14-8-7(13)6(12)5(11)4(3-10)15-8/h4-13H,1-3H2. The van der Waals surface area contributed by atoms with Gasteiger partial charge >= 0.3 is 0 Å². The summed E-state index contributed by atoms with van der Waals surface area (Å²) >= 11 is 0. The molecule has 90 valence electrons. The van der Waals surface area contributed by atoms with Gasteiger partial charge in [-0.2, -0.15) is 0 Å². The minimum Gasteiger partial charge on any atom is -0.394 e. The van der Waals surface area contributed by atoms with Crippen molar-refractivity contribution >= 4 is 0 Å². The van der Waals surface area contributed by atoms with Crippen LogP contribution in [0.15, 0.2) is 0 Å². The van der Waals surface area contributed by atoms with Gasteiger partial charge in [-0.25, -0.2) is 0 Å². The molecule has 0 spiro atoms. The van der Waals surface area contributed by atoms with Crippen LogP contribution in [0.3, 0.4) is 0 Å². The first kappa shape index (κ1) is 12.8. The van der Waals surface area contributed by atoms with Crippen molar-refractivity contribution in [2.45, 2.75) is 30.7 Å². The summed E-state index contributed by atoms with van der Waals surface area (Å²) in [7, 11) is 0. The second kappa shape index (κ2) is 5.71. The normalized spacial score (nSPS) is 41.8. The summed E-state index contributed by atoms with van der Waals surface area (Å²) in [5.74, 6) is 0. The van der Waals surface area contributed by atoms with E-state index in [4.69, 9.17) is 19.7 Å². The van der Waals surface area contributed by atoms with Crippen LogP contribution in [0.4, 0.5) is 0 Å². The van der Waals surface area contributed by atoms with Crippen LogP contribution in [0.2, 0.25) is 0 Å². The minimum atomic E-state index is -1.44. The van der Waals surface area contributed by atoms with Crippen molar-refractivity contribution in [3.63, 3.8) is 0 Å². The Morgan fingerprint density at radius 3 is 2.20 bits per heavy atom. The molecule has 0 amide bonds. The monoisotopic (exact) mass is 224 g/mol. The van der Waals surface area contributed by atoms with Gasteiger partial charge in [0.2, 0.25) is 0 Å². The van der Waals surface area contributed by atoms with Gasteiger partial charge in [0.15, 0.2) is 6.29 Å². The smallest absolute Gasteiger partial charge is 0.186 e. The fourth-order valence-corrected chi connectivity index (χ4v) is 1.37. The van der Waals surface area contributed by atoms with Crippen LogP contribution in [0, 0.1) is 0 Å². The molecule has 0 aromatic heterocycles. The zero-order chi connectivity index (χ0) is 11.4. The Bertz CT molecular complexity index is 186. The summed E-state index contributed by atoms with van der Waals surface area (Å²) in [4.78, 5) is 0. The first-order valence-electron chi connectivity index (χ1n) is 4.64. The Balaban J connectivity index is 2.57. The fourth-order valence-electron chi connectivity index (χ4n) is 1.37. The summed E-state index contributed by atoms with van der Waals surface area (Å²) in [5, 5.41) is 45.5. The van der Waals surface area contributed by atoms with E-state index in [2.05, 4.69) is 0 Å². The number of aliphatic hydroxyl groups is 5. The van der Waals surface area contributed by atoms with Crippen LogP contribution in [0.1, 0.15) is 0 Å². The summed E-state index contributed by atoms with van der Waals surface area (Å²) in [6.45, 7) is -0.818. The van der Waals surface area contributed by atoms with Crippen molar-refractivity contribution < 1.29 is 35.0 Å². The van der Waals surface area contributed by atoms with E-state index >= 15 is 0 Å². The van der Waals surface area contributed by atoms with Crippen LogP contribution in [0.5, 0.6) is 0 Å². The molecule has 0 aliphatic carbocycles. The molecule has 0 aromatic carbocycles. The second-order valence-electron chi connectivity index (χ2n) is 3.29. The molecule has 1 heterocycles. The molecule has 5 N–H and O–H groups in total. The van der Waals surface area contributed by atoms with Crippen molar-refractivity contribution in [2.75, 3.05) is 19.8 Å². The third-order valence-electron chi connectivity index (χ3n) is 2.22. The quantitative estimate of drug-likeness (QED) is 0.341. The average Bonchev–Trinajstić information content (AvgIpc) is 2.25. The first-order valence-corrected chi connectivity index (χ1v) is 4.64. The lowest BCUT2D eigenvalue weighted by Crippen LogP contribution is -2.59. The molecule has 0 radical (unpaired) electrons. The Kier molecular flexibility index (Phi) is 4.87. The molecule has 1 aliphatic rings. The van der Waals surface area contributed by atoms with Crippen molar-refractivity contribution in [1.29, 1.82) is 0 Å². The van der Waals surface area contributed by atoms with E-state index in [1.165, 1.54) is 0 Å². The number of hydrogen-bond donors (Lipinski definition) is 5. The molecule has 0 saturated carbocycles. The SMILES string of the molecule is OCCOC1OC(CO)C(O)C(O)C1O. The van der Waals surface area contributed by atoms with Crippen molar-refractivity contribution in [3.05, 3.63) is 0 Å². The van der Waals surface area contributed by atoms with E-state index in [0.29, 0.717) is 0 Å². The number of hydrogen-bond acceptors (Lipinski definition) is 7. The topological polar surface area (TPSA) is 120 Å². The average molecular weight is 224 g/mol. The van der Waals surface area contributed by atoms with Gasteiger partial charge in [0, 0.05) is 0 Å². The molecule has 0 bridgehead atoms. The van der Waals surface area contributed by atoms with Crippen LogP contribution < -0.4 is 0 Å². The third-order valence-corrected chi connectivity index (χ3v) is 2.22. The van der Waals surface area contributed by atoms with Gasteiger partial charge < -0.3 is 35.0 Å². The zero-order valence-electron chi connectivity index (χ0n) is 8.06. The van der Waals surface area contributed by atoms with Crippen LogP contribution >= 0.6 is 0 Å². The highest BCUT2D eigenvalue weighted by molar-refractivity contribution is 4.88. The van der Waals surface area contributed by atoms with Gasteiger partial charge in [0.05, 0.1) is 19.8 Å². The summed E-state index contributed by atoms with van der Waals surface area (Å²) in [5.41, 5.74) is 0. The summed E-state index contributed by atoms with van der Waals surface area (Å²) in [6, 6.07) is 0. The lowest BCUT2D eigenvalue weighted by Gasteiger charge is -2.39. The maximum absolute atomic E-state index is 9.42. The van der Waals surface area contributed by atoms with Gasteiger partial charge in [-0.15, -0.1) is 0 Å². The fraction of sp³-hybridized carbons (Fsp3) is 1.00. The van der Waals surface area contributed by atoms with Crippen LogP contribution in [-0.2, 0) is 9.47 Å².